The zero-order valence-corrected chi connectivity index (χ0v) is 24.5. The first-order chi connectivity index (χ1) is 21.3. The van der Waals surface area contributed by atoms with Crippen LogP contribution in [0.15, 0.2) is 67.3 Å². The second kappa shape index (κ2) is 12.3. The molecule has 6 rings (SSSR count). The Balaban J connectivity index is 1.36. The fourth-order valence-electron chi connectivity index (χ4n) is 5.24. The van der Waals surface area contributed by atoms with Gasteiger partial charge in [-0.25, -0.2) is 13.9 Å². The number of piperidine rings is 1. The van der Waals surface area contributed by atoms with E-state index >= 15 is 0 Å². The Morgan fingerprint density at radius 1 is 1.11 bits per heavy atom. The number of nitrogens with zero attached hydrogens (tertiary/aromatic N) is 7. The standard InChI is InChI=1S/C30H24Cl2FN9O2/c31-23-11-19(3-4-25(23)33)37-27-18(13-34)15-36-29-22(27)10-20(12-24(29)32)38-28(17-2-1-7-35-14-17)26-16-42(40-39-26)21-5-8-41(9-6-21)30(43)44/h1-4,7,10-12,14-16,21,28,38H,5-6,8-9H2,(H,36,37)(H,43,44). The van der Waals surface area contributed by atoms with Crippen molar-refractivity contribution in [2.75, 3.05) is 23.7 Å². The van der Waals surface area contributed by atoms with Gasteiger partial charge < -0.3 is 20.6 Å². The van der Waals surface area contributed by atoms with Crippen molar-refractivity contribution in [2.45, 2.75) is 24.9 Å². The zero-order valence-electron chi connectivity index (χ0n) is 23.0. The van der Waals surface area contributed by atoms with Gasteiger partial charge in [0.2, 0.25) is 0 Å². The topological polar surface area (TPSA) is 145 Å². The lowest BCUT2D eigenvalue weighted by atomic mass is 10.0. The van der Waals surface area contributed by atoms with Crippen LogP contribution in [-0.2, 0) is 0 Å². The molecule has 4 heterocycles. The maximum absolute atomic E-state index is 13.8. The number of nitrogens with one attached hydrogen (secondary N) is 2. The molecular weight excluding hydrogens is 608 g/mol. The molecule has 1 saturated heterocycles. The molecule has 1 aliphatic heterocycles. The van der Waals surface area contributed by atoms with E-state index in [1.165, 1.54) is 29.3 Å². The minimum absolute atomic E-state index is 0.0144. The molecule has 0 spiro atoms. The van der Waals surface area contributed by atoms with Gasteiger partial charge in [0.1, 0.15) is 17.6 Å². The number of fused-ring (bicyclic) bond motifs is 1. The van der Waals surface area contributed by atoms with Crippen LogP contribution in [0.5, 0.6) is 0 Å². The molecule has 0 bridgehead atoms. The molecule has 1 unspecified atom stereocenters. The number of hydrogen-bond donors (Lipinski definition) is 3. The molecule has 14 heteroatoms. The number of likely N-dealkylation sites (tertiary alicyclic amines) is 1. The molecular formula is C30H24Cl2FN9O2. The fourth-order valence-corrected chi connectivity index (χ4v) is 5.69. The summed E-state index contributed by atoms with van der Waals surface area (Å²) in [6.45, 7) is 0.850. The SMILES string of the molecule is N#Cc1cnc2c(Cl)cc(NC(c3cccnc3)c3cn(C4CCN(C(=O)O)CC4)nn3)cc2c1Nc1ccc(F)c(Cl)c1. The smallest absolute Gasteiger partial charge is 0.407 e. The lowest BCUT2D eigenvalue weighted by Crippen LogP contribution is -2.38. The summed E-state index contributed by atoms with van der Waals surface area (Å²) in [4.78, 5) is 21.4. The second-order valence-corrected chi connectivity index (χ2v) is 11.1. The summed E-state index contributed by atoms with van der Waals surface area (Å²) < 4.78 is 15.6. The van der Waals surface area contributed by atoms with E-state index in [2.05, 4.69) is 37.0 Å². The van der Waals surface area contributed by atoms with Crippen LogP contribution in [0.2, 0.25) is 10.0 Å². The number of aromatic nitrogens is 5. The minimum atomic E-state index is -0.922. The molecule has 0 saturated carbocycles. The number of halogens is 3. The highest BCUT2D eigenvalue weighted by Crippen LogP contribution is 2.37. The first-order valence-corrected chi connectivity index (χ1v) is 14.4. The van der Waals surface area contributed by atoms with Crippen molar-refractivity contribution in [1.29, 1.82) is 5.26 Å². The van der Waals surface area contributed by atoms with E-state index in [1.54, 1.807) is 23.1 Å². The van der Waals surface area contributed by atoms with Gasteiger partial charge in [-0.1, -0.05) is 34.5 Å². The van der Waals surface area contributed by atoms with Gasteiger partial charge in [-0.3, -0.25) is 9.97 Å². The summed E-state index contributed by atoms with van der Waals surface area (Å²) in [6.07, 6.45) is 7.02. The molecule has 3 aromatic heterocycles. The average molecular weight is 632 g/mol. The number of nitriles is 1. The predicted octanol–water partition coefficient (Wildman–Crippen LogP) is 6.80. The van der Waals surface area contributed by atoms with E-state index in [9.17, 15) is 19.6 Å². The normalized spacial score (nSPS) is 14.3. The largest absolute Gasteiger partial charge is 0.465 e. The molecule has 1 fully saturated rings. The van der Waals surface area contributed by atoms with Gasteiger partial charge in [-0.2, -0.15) is 5.26 Å². The van der Waals surface area contributed by atoms with Gasteiger partial charge in [0, 0.05) is 48.4 Å². The lowest BCUT2D eigenvalue weighted by Gasteiger charge is -2.29. The van der Waals surface area contributed by atoms with E-state index in [0.29, 0.717) is 64.6 Å². The molecule has 0 radical (unpaired) electrons. The van der Waals surface area contributed by atoms with Gasteiger partial charge in [-0.05, 0) is 54.8 Å². The number of anilines is 3. The van der Waals surface area contributed by atoms with Crippen molar-refractivity contribution < 1.29 is 14.3 Å². The third-order valence-electron chi connectivity index (χ3n) is 7.50. The lowest BCUT2D eigenvalue weighted by molar-refractivity contribution is 0.123. The Morgan fingerprint density at radius 2 is 1.91 bits per heavy atom. The fraction of sp³-hybridized carbons (Fsp3) is 0.200. The Morgan fingerprint density at radius 3 is 2.61 bits per heavy atom. The predicted molar refractivity (Wildman–Crippen MR) is 164 cm³/mol. The van der Waals surface area contributed by atoms with E-state index in [0.717, 1.165) is 5.56 Å². The Kier molecular flexibility index (Phi) is 8.15. The number of benzene rings is 2. The van der Waals surface area contributed by atoms with Crippen LogP contribution in [0.3, 0.4) is 0 Å². The van der Waals surface area contributed by atoms with Crippen molar-refractivity contribution in [3.63, 3.8) is 0 Å². The number of pyridine rings is 2. The highest BCUT2D eigenvalue weighted by molar-refractivity contribution is 6.36. The zero-order chi connectivity index (χ0) is 30.8. The van der Waals surface area contributed by atoms with Crippen molar-refractivity contribution in [3.05, 3.63) is 99.9 Å². The molecule has 1 amide bonds. The Hall–Kier alpha value is -4.99. The minimum Gasteiger partial charge on any atom is -0.465 e. The molecule has 222 valence electrons. The number of carbonyl (C=O) groups is 1. The van der Waals surface area contributed by atoms with Crippen molar-refractivity contribution in [1.82, 2.24) is 29.9 Å². The monoisotopic (exact) mass is 631 g/mol. The average Bonchev–Trinajstić information content (AvgIpc) is 3.52. The van der Waals surface area contributed by atoms with Crippen LogP contribution in [0.4, 0.5) is 26.2 Å². The van der Waals surface area contributed by atoms with Gasteiger partial charge in [0.05, 0.1) is 45.1 Å². The molecule has 11 nitrogen and oxygen atoms in total. The molecule has 0 aliphatic carbocycles. The summed E-state index contributed by atoms with van der Waals surface area (Å²) in [5.74, 6) is -0.559. The summed E-state index contributed by atoms with van der Waals surface area (Å²) in [5.41, 5.74) is 3.68. The van der Waals surface area contributed by atoms with Gasteiger partial charge >= 0.3 is 6.09 Å². The molecule has 44 heavy (non-hydrogen) atoms. The molecule has 1 atom stereocenters. The number of amides is 1. The highest BCUT2D eigenvalue weighted by Gasteiger charge is 2.26. The van der Waals surface area contributed by atoms with Crippen LogP contribution in [0.1, 0.15) is 41.7 Å². The van der Waals surface area contributed by atoms with Crippen LogP contribution >= 0.6 is 23.2 Å². The van der Waals surface area contributed by atoms with Crippen LogP contribution in [-0.4, -0.2) is 54.2 Å². The van der Waals surface area contributed by atoms with Gasteiger partial charge in [-0.15, -0.1) is 5.10 Å². The number of carboxylic acid groups (broad SMARTS) is 1. The number of rotatable bonds is 7. The van der Waals surface area contributed by atoms with Gasteiger partial charge in [0.15, 0.2) is 0 Å². The summed E-state index contributed by atoms with van der Waals surface area (Å²) in [7, 11) is 0. The second-order valence-electron chi connectivity index (χ2n) is 10.3. The molecule has 5 aromatic rings. The molecule has 3 N–H and O–H groups in total. The molecule has 1 aliphatic rings. The van der Waals surface area contributed by atoms with Crippen molar-refractivity contribution in [3.8, 4) is 6.07 Å². The van der Waals surface area contributed by atoms with Gasteiger partial charge in [0.25, 0.3) is 0 Å². The maximum Gasteiger partial charge on any atom is 0.407 e. The third kappa shape index (κ3) is 5.92. The van der Waals surface area contributed by atoms with Crippen LogP contribution < -0.4 is 10.6 Å². The van der Waals surface area contributed by atoms with Crippen molar-refractivity contribution >= 4 is 57.3 Å². The highest BCUT2D eigenvalue weighted by atomic mass is 35.5. The third-order valence-corrected chi connectivity index (χ3v) is 8.07. The first-order valence-electron chi connectivity index (χ1n) is 13.6. The van der Waals surface area contributed by atoms with E-state index in [1.807, 2.05) is 24.4 Å². The van der Waals surface area contributed by atoms with E-state index < -0.39 is 18.0 Å². The summed E-state index contributed by atoms with van der Waals surface area (Å²) in [6, 6.07) is 13.2. The first kappa shape index (κ1) is 29.1. The van der Waals surface area contributed by atoms with Crippen molar-refractivity contribution in [2.24, 2.45) is 0 Å². The Labute approximate surface area is 260 Å². The maximum atomic E-state index is 13.8. The van der Waals surface area contributed by atoms with Crippen LogP contribution in [0, 0.1) is 17.1 Å². The number of hydrogen-bond acceptors (Lipinski definition) is 8. The Bertz CT molecular complexity index is 1890. The summed E-state index contributed by atoms with van der Waals surface area (Å²) >= 11 is 12.7. The van der Waals surface area contributed by atoms with E-state index in [4.69, 9.17) is 23.2 Å². The van der Waals surface area contributed by atoms with E-state index in [-0.39, 0.29) is 16.6 Å². The molecule has 2 aromatic carbocycles. The van der Waals surface area contributed by atoms with Crippen LogP contribution in [0.25, 0.3) is 10.9 Å². The quantitative estimate of drug-likeness (QED) is 0.176. The summed E-state index contributed by atoms with van der Waals surface area (Å²) in [5, 5.41) is 35.5.